The van der Waals surface area contributed by atoms with Crippen molar-refractivity contribution in [3.8, 4) is 0 Å². The summed E-state index contributed by atoms with van der Waals surface area (Å²) in [6.07, 6.45) is 0.765. The molecule has 15 heavy (non-hydrogen) atoms. The van der Waals surface area contributed by atoms with Crippen molar-refractivity contribution in [2.24, 2.45) is 0 Å². The molecule has 1 fully saturated rings. The molecule has 0 amide bonds. The molecule has 4 nitrogen and oxygen atoms in total. The van der Waals surface area contributed by atoms with Crippen LogP contribution in [0, 0.1) is 0 Å². The van der Waals surface area contributed by atoms with Crippen LogP contribution in [-0.4, -0.2) is 50.3 Å². The summed E-state index contributed by atoms with van der Waals surface area (Å²) in [7, 11) is 3.98. The van der Waals surface area contributed by atoms with Gasteiger partial charge in [0, 0.05) is 12.1 Å². The van der Waals surface area contributed by atoms with Crippen molar-refractivity contribution in [3.63, 3.8) is 0 Å². The molecule has 2 atom stereocenters. The first kappa shape index (κ1) is 12.2. The second kappa shape index (κ2) is 5.28. The predicted octanol–water partition coefficient (Wildman–Crippen LogP) is 0.825. The molecule has 0 radical (unpaired) electrons. The second-order valence-electron chi connectivity index (χ2n) is 4.19. The van der Waals surface area contributed by atoms with Crippen LogP contribution < -0.4 is 0 Å². The molecule has 4 heteroatoms. The van der Waals surface area contributed by atoms with E-state index < -0.39 is 0 Å². The zero-order valence-electron chi connectivity index (χ0n) is 9.66. The number of nitrogens with zero attached hydrogens (tertiary/aromatic N) is 1. The minimum Gasteiger partial charge on any atom is -0.456 e. The molecule has 0 spiro atoms. The molecule has 0 saturated carbocycles. The molecule has 1 heterocycles. The maximum absolute atomic E-state index is 11.3. The summed E-state index contributed by atoms with van der Waals surface area (Å²) in [6, 6.07) is 0. The summed E-state index contributed by atoms with van der Waals surface area (Å²) >= 11 is 0. The van der Waals surface area contributed by atoms with Crippen LogP contribution in [0.5, 0.6) is 0 Å². The van der Waals surface area contributed by atoms with Crippen LogP contribution in [-0.2, 0) is 14.3 Å². The molecule has 0 aromatic rings. The summed E-state index contributed by atoms with van der Waals surface area (Å²) in [5.74, 6) is -0.325. The highest BCUT2D eigenvalue weighted by Crippen LogP contribution is 2.20. The molecule has 0 N–H and O–H groups in total. The quantitative estimate of drug-likeness (QED) is 0.372. The first-order valence-corrected chi connectivity index (χ1v) is 5.13. The maximum atomic E-state index is 11.3. The predicted molar refractivity (Wildman–Crippen MR) is 57.6 cm³/mol. The van der Waals surface area contributed by atoms with Crippen molar-refractivity contribution in [3.05, 3.63) is 12.2 Å². The number of epoxide rings is 1. The first-order valence-electron chi connectivity index (χ1n) is 5.13. The molecule has 1 aliphatic rings. The van der Waals surface area contributed by atoms with Crippen molar-refractivity contribution in [1.29, 1.82) is 0 Å². The number of hydrogen-bond donors (Lipinski definition) is 0. The van der Waals surface area contributed by atoms with E-state index >= 15 is 0 Å². The zero-order valence-corrected chi connectivity index (χ0v) is 9.66. The SMILES string of the molecule is C=C(C)C(=O)OC(CCN(C)C)C1CO1. The first-order chi connectivity index (χ1) is 7.00. The fourth-order valence-electron chi connectivity index (χ4n) is 1.21. The average Bonchev–Trinajstić information content (AvgIpc) is 2.94. The summed E-state index contributed by atoms with van der Waals surface area (Å²) in [4.78, 5) is 13.4. The van der Waals surface area contributed by atoms with E-state index in [4.69, 9.17) is 9.47 Å². The van der Waals surface area contributed by atoms with Crippen molar-refractivity contribution in [1.82, 2.24) is 4.90 Å². The lowest BCUT2D eigenvalue weighted by atomic mass is 10.2. The van der Waals surface area contributed by atoms with Gasteiger partial charge in [0.1, 0.15) is 12.2 Å². The van der Waals surface area contributed by atoms with Crippen LogP contribution in [0.15, 0.2) is 12.2 Å². The van der Waals surface area contributed by atoms with E-state index in [9.17, 15) is 4.79 Å². The van der Waals surface area contributed by atoms with E-state index in [0.29, 0.717) is 12.2 Å². The third kappa shape index (κ3) is 4.44. The summed E-state index contributed by atoms with van der Waals surface area (Å²) in [5.41, 5.74) is 0.436. The number of ether oxygens (including phenoxy) is 2. The maximum Gasteiger partial charge on any atom is 0.333 e. The Labute approximate surface area is 90.8 Å². The lowest BCUT2D eigenvalue weighted by Gasteiger charge is -2.18. The van der Waals surface area contributed by atoms with Gasteiger partial charge in [-0.3, -0.25) is 0 Å². The van der Waals surface area contributed by atoms with Gasteiger partial charge in [-0.25, -0.2) is 4.79 Å². The van der Waals surface area contributed by atoms with E-state index in [1.807, 2.05) is 14.1 Å². The molecule has 0 aliphatic carbocycles. The number of esters is 1. The third-order valence-corrected chi connectivity index (χ3v) is 2.24. The molecule has 0 aromatic heterocycles. The molecule has 86 valence electrons. The third-order valence-electron chi connectivity index (χ3n) is 2.24. The Morgan fingerprint density at radius 3 is 2.67 bits per heavy atom. The van der Waals surface area contributed by atoms with Crippen LogP contribution in [0.25, 0.3) is 0 Å². The van der Waals surface area contributed by atoms with Gasteiger partial charge >= 0.3 is 5.97 Å². The van der Waals surface area contributed by atoms with Crippen LogP contribution in [0.1, 0.15) is 13.3 Å². The smallest absolute Gasteiger partial charge is 0.333 e. The summed E-state index contributed by atoms with van der Waals surface area (Å²) in [5, 5.41) is 0. The second-order valence-corrected chi connectivity index (χ2v) is 4.19. The fourth-order valence-corrected chi connectivity index (χ4v) is 1.21. The molecule has 1 aliphatic heterocycles. The molecule has 0 aromatic carbocycles. The number of carbonyl (C=O) groups is 1. The Morgan fingerprint density at radius 1 is 1.67 bits per heavy atom. The monoisotopic (exact) mass is 213 g/mol. The van der Waals surface area contributed by atoms with Crippen molar-refractivity contribution in [2.75, 3.05) is 27.2 Å². The molecular formula is C11H19NO3. The fraction of sp³-hybridized carbons (Fsp3) is 0.727. The van der Waals surface area contributed by atoms with Gasteiger partial charge in [0.25, 0.3) is 0 Å². The van der Waals surface area contributed by atoms with Gasteiger partial charge in [-0.05, 0) is 27.4 Å². The van der Waals surface area contributed by atoms with Crippen molar-refractivity contribution < 1.29 is 14.3 Å². The van der Waals surface area contributed by atoms with Gasteiger partial charge in [0.2, 0.25) is 0 Å². The van der Waals surface area contributed by atoms with E-state index in [2.05, 4.69) is 11.5 Å². The molecule has 1 saturated heterocycles. The molecule has 0 bridgehead atoms. The highest BCUT2D eigenvalue weighted by Gasteiger charge is 2.35. The minimum atomic E-state index is -0.325. The van der Waals surface area contributed by atoms with Gasteiger partial charge in [-0.2, -0.15) is 0 Å². The Balaban J connectivity index is 2.37. The molecule has 1 rings (SSSR count). The van der Waals surface area contributed by atoms with Crippen LogP contribution in [0.3, 0.4) is 0 Å². The normalized spacial score (nSPS) is 21.2. The average molecular weight is 213 g/mol. The highest BCUT2D eigenvalue weighted by atomic mass is 16.6. The van der Waals surface area contributed by atoms with Crippen LogP contribution in [0.4, 0.5) is 0 Å². The van der Waals surface area contributed by atoms with Crippen molar-refractivity contribution in [2.45, 2.75) is 25.6 Å². The highest BCUT2D eigenvalue weighted by molar-refractivity contribution is 5.87. The zero-order chi connectivity index (χ0) is 11.4. The number of rotatable bonds is 6. The topological polar surface area (TPSA) is 42.1 Å². The van der Waals surface area contributed by atoms with E-state index in [1.165, 1.54) is 0 Å². The summed E-state index contributed by atoms with van der Waals surface area (Å²) in [6.45, 7) is 6.79. The molecule has 2 unspecified atom stereocenters. The molecular weight excluding hydrogens is 194 g/mol. The van der Waals surface area contributed by atoms with Crippen LogP contribution in [0.2, 0.25) is 0 Å². The largest absolute Gasteiger partial charge is 0.456 e. The Bertz CT molecular complexity index is 246. The standard InChI is InChI=1S/C11H19NO3/c1-8(2)11(13)15-9(10-7-14-10)5-6-12(3)4/h9-10H,1,5-7H2,2-4H3. The van der Waals surface area contributed by atoms with Gasteiger partial charge < -0.3 is 14.4 Å². The lowest BCUT2D eigenvalue weighted by molar-refractivity contribution is -0.145. The van der Waals surface area contributed by atoms with Gasteiger partial charge in [0.05, 0.1) is 6.61 Å². The number of carbonyl (C=O) groups excluding carboxylic acids is 1. The van der Waals surface area contributed by atoms with Gasteiger partial charge in [-0.15, -0.1) is 0 Å². The van der Waals surface area contributed by atoms with Gasteiger partial charge in [0.15, 0.2) is 0 Å². The van der Waals surface area contributed by atoms with Gasteiger partial charge in [-0.1, -0.05) is 6.58 Å². The Morgan fingerprint density at radius 2 is 2.27 bits per heavy atom. The van der Waals surface area contributed by atoms with E-state index in [1.54, 1.807) is 6.92 Å². The van der Waals surface area contributed by atoms with Crippen LogP contribution >= 0.6 is 0 Å². The Kier molecular flexibility index (Phi) is 4.29. The number of hydrogen-bond acceptors (Lipinski definition) is 4. The van der Waals surface area contributed by atoms with E-state index in [0.717, 1.165) is 13.0 Å². The lowest BCUT2D eigenvalue weighted by Crippen LogP contribution is -2.28. The van der Waals surface area contributed by atoms with Crippen molar-refractivity contribution >= 4 is 5.97 Å². The summed E-state index contributed by atoms with van der Waals surface area (Å²) < 4.78 is 10.5. The Hall–Kier alpha value is -0.870. The van der Waals surface area contributed by atoms with E-state index in [-0.39, 0.29) is 18.2 Å². The minimum absolute atomic E-state index is 0.0910.